The Morgan fingerprint density at radius 3 is 2.68 bits per heavy atom. The number of rotatable bonds is 5. The molecule has 1 fully saturated rings. The molecule has 0 bridgehead atoms. The van der Waals surface area contributed by atoms with Gasteiger partial charge in [-0.25, -0.2) is 8.42 Å². The van der Waals surface area contributed by atoms with Gasteiger partial charge in [-0.2, -0.15) is 4.31 Å². The number of hydrogen-bond donors (Lipinski definition) is 1. The third-order valence-corrected chi connectivity index (χ3v) is 8.91. The summed E-state index contributed by atoms with van der Waals surface area (Å²) in [5, 5.41) is 4.80. The van der Waals surface area contributed by atoms with Gasteiger partial charge in [-0.1, -0.05) is 12.1 Å². The van der Waals surface area contributed by atoms with Gasteiger partial charge >= 0.3 is 0 Å². The van der Waals surface area contributed by atoms with Gasteiger partial charge in [0.1, 0.15) is 4.21 Å². The first-order valence-corrected chi connectivity index (χ1v) is 12.0. The molecule has 0 saturated carbocycles. The summed E-state index contributed by atoms with van der Waals surface area (Å²) < 4.78 is 27.1. The number of piperidine rings is 1. The van der Waals surface area contributed by atoms with Crippen LogP contribution in [-0.4, -0.2) is 44.8 Å². The first-order valence-electron chi connectivity index (χ1n) is 9.71. The molecule has 0 spiro atoms. The molecular weight excluding hydrogens is 394 g/mol. The number of nitrogens with one attached hydrogen (secondary N) is 1. The zero-order valence-corrected chi connectivity index (χ0v) is 17.6. The van der Waals surface area contributed by atoms with Crippen LogP contribution in [0.1, 0.15) is 25.3 Å². The Balaban J connectivity index is 1.37. The molecule has 1 amide bonds. The lowest BCUT2D eigenvalue weighted by molar-refractivity contribution is -0.120. The number of amides is 1. The molecule has 0 radical (unpaired) electrons. The van der Waals surface area contributed by atoms with Crippen molar-refractivity contribution in [2.75, 3.05) is 36.4 Å². The number of nitrogens with zero attached hydrogens (tertiary/aromatic N) is 2. The van der Waals surface area contributed by atoms with Gasteiger partial charge in [-0.3, -0.25) is 4.79 Å². The van der Waals surface area contributed by atoms with Gasteiger partial charge in [0.15, 0.2) is 0 Å². The molecule has 1 N–H and O–H groups in total. The molecular formula is C20H25N3O3S2. The molecule has 3 heterocycles. The Morgan fingerprint density at radius 2 is 2.00 bits per heavy atom. The summed E-state index contributed by atoms with van der Waals surface area (Å²) in [7, 11) is -3.43. The smallest absolute Gasteiger partial charge is 0.252 e. The average Bonchev–Trinajstić information content (AvgIpc) is 3.38. The number of benzene rings is 1. The van der Waals surface area contributed by atoms with Crippen LogP contribution in [0, 0.1) is 5.92 Å². The summed E-state index contributed by atoms with van der Waals surface area (Å²) in [5.74, 6) is -0.181. The van der Waals surface area contributed by atoms with Crippen molar-refractivity contribution in [3.05, 3.63) is 41.3 Å². The van der Waals surface area contributed by atoms with Crippen molar-refractivity contribution in [2.24, 2.45) is 5.92 Å². The molecule has 2 aliphatic heterocycles. The molecule has 2 aromatic rings. The zero-order valence-electron chi connectivity index (χ0n) is 15.9. The van der Waals surface area contributed by atoms with Gasteiger partial charge in [-0.15, -0.1) is 11.3 Å². The van der Waals surface area contributed by atoms with Crippen LogP contribution in [0.15, 0.2) is 39.9 Å². The monoisotopic (exact) mass is 419 g/mol. The SMILES string of the molecule is CCN1CCc2ccc(NC(=O)C3CCN(S(=O)(=O)c4cccs4)CC3)cc21. The van der Waals surface area contributed by atoms with Crippen LogP contribution in [0.25, 0.3) is 0 Å². The van der Waals surface area contributed by atoms with Crippen molar-refractivity contribution in [3.8, 4) is 0 Å². The minimum Gasteiger partial charge on any atom is -0.371 e. The van der Waals surface area contributed by atoms with Crippen molar-refractivity contribution in [2.45, 2.75) is 30.4 Å². The Morgan fingerprint density at radius 1 is 1.21 bits per heavy atom. The van der Waals surface area contributed by atoms with E-state index in [0.29, 0.717) is 30.1 Å². The summed E-state index contributed by atoms with van der Waals surface area (Å²) in [6.45, 7) is 4.89. The lowest BCUT2D eigenvalue weighted by atomic mass is 9.97. The summed E-state index contributed by atoms with van der Waals surface area (Å²) in [6, 6.07) is 9.49. The average molecular weight is 420 g/mol. The maximum atomic E-state index is 12.7. The minimum atomic E-state index is -3.43. The molecule has 150 valence electrons. The highest BCUT2D eigenvalue weighted by molar-refractivity contribution is 7.91. The van der Waals surface area contributed by atoms with E-state index in [4.69, 9.17) is 0 Å². The van der Waals surface area contributed by atoms with E-state index < -0.39 is 10.0 Å². The molecule has 1 saturated heterocycles. The third kappa shape index (κ3) is 3.68. The van der Waals surface area contributed by atoms with Crippen molar-refractivity contribution in [1.82, 2.24) is 4.31 Å². The van der Waals surface area contributed by atoms with Gasteiger partial charge in [0, 0.05) is 43.5 Å². The van der Waals surface area contributed by atoms with E-state index in [0.717, 1.165) is 25.2 Å². The molecule has 28 heavy (non-hydrogen) atoms. The number of carbonyl (C=O) groups excluding carboxylic acids is 1. The highest BCUT2D eigenvalue weighted by Crippen LogP contribution is 2.31. The number of carbonyl (C=O) groups is 1. The van der Waals surface area contributed by atoms with Crippen LogP contribution in [0.2, 0.25) is 0 Å². The predicted molar refractivity (Wildman–Crippen MR) is 112 cm³/mol. The van der Waals surface area contributed by atoms with Gasteiger partial charge in [0.05, 0.1) is 0 Å². The fourth-order valence-electron chi connectivity index (χ4n) is 3.99. The Kier molecular flexibility index (Phi) is 5.44. The normalized spacial score (nSPS) is 18.2. The summed E-state index contributed by atoms with van der Waals surface area (Å²) in [4.78, 5) is 15.0. The maximum absolute atomic E-state index is 12.7. The quantitative estimate of drug-likeness (QED) is 0.808. The van der Waals surface area contributed by atoms with E-state index >= 15 is 0 Å². The van der Waals surface area contributed by atoms with E-state index in [1.165, 1.54) is 26.9 Å². The van der Waals surface area contributed by atoms with Crippen LogP contribution >= 0.6 is 11.3 Å². The second-order valence-corrected chi connectivity index (χ2v) is 10.4. The zero-order chi connectivity index (χ0) is 19.7. The van der Waals surface area contributed by atoms with Crippen LogP contribution in [-0.2, 0) is 21.2 Å². The van der Waals surface area contributed by atoms with Crippen LogP contribution in [0.4, 0.5) is 11.4 Å². The fourth-order valence-corrected chi connectivity index (χ4v) is 6.61. The summed E-state index contributed by atoms with van der Waals surface area (Å²) in [6.07, 6.45) is 2.14. The molecule has 8 heteroatoms. The number of anilines is 2. The first kappa shape index (κ1) is 19.4. The minimum absolute atomic E-state index is 0.0193. The Bertz CT molecular complexity index is 949. The molecule has 0 atom stereocenters. The Labute approximate surface area is 170 Å². The van der Waals surface area contributed by atoms with Gasteiger partial charge in [0.2, 0.25) is 5.91 Å². The molecule has 1 aromatic heterocycles. The standard InChI is InChI=1S/C20H25N3O3S2/c1-2-22-10-7-15-5-6-17(14-18(15)22)21-20(24)16-8-11-23(12-9-16)28(25,26)19-4-3-13-27-19/h3-6,13-14,16H,2,7-12H2,1H3,(H,21,24). The van der Waals surface area contributed by atoms with Gasteiger partial charge in [0.25, 0.3) is 10.0 Å². The van der Waals surface area contributed by atoms with Crippen molar-refractivity contribution in [1.29, 1.82) is 0 Å². The molecule has 4 rings (SSSR count). The van der Waals surface area contributed by atoms with E-state index in [9.17, 15) is 13.2 Å². The molecule has 1 aromatic carbocycles. The van der Waals surface area contributed by atoms with Crippen molar-refractivity contribution < 1.29 is 13.2 Å². The molecule has 2 aliphatic rings. The summed E-state index contributed by atoms with van der Waals surface area (Å²) in [5.41, 5.74) is 3.35. The van der Waals surface area contributed by atoms with E-state index in [1.807, 2.05) is 6.07 Å². The Hall–Kier alpha value is -1.90. The number of fused-ring (bicyclic) bond motifs is 1. The van der Waals surface area contributed by atoms with Gasteiger partial charge in [-0.05, 0) is 55.3 Å². The van der Waals surface area contributed by atoms with E-state index in [2.05, 4.69) is 29.3 Å². The molecule has 0 unspecified atom stereocenters. The maximum Gasteiger partial charge on any atom is 0.252 e. The van der Waals surface area contributed by atoms with Crippen LogP contribution in [0.3, 0.4) is 0 Å². The lowest BCUT2D eigenvalue weighted by Crippen LogP contribution is -2.41. The van der Waals surface area contributed by atoms with E-state index in [1.54, 1.807) is 17.5 Å². The summed E-state index contributed by atoms with van der Waals surface area (Å²) >= 11 is 1.23. The van der Waals surface area contributed by atoms with Crippen molar-refractivity contribution >= 4 is 38.6 Å². The topological polar surface area (TPSA) is 69.7 Å². The first-order chi connectivity index (χ1) is 13.5. The third-order valence-electron chi connectivity index (χ3n) is 5.64. The predicted octanol–water partition coefficient (Wildman–Crippen LogP) is 3.17. The number of thiophene rings is 1. The van der Waals surface area contributed by atoms with Crippen LogP contribution < -0.4 is 10.2 Å². The van der Waals surface area contributed by atoms with E-state index in [-0.39, 0.29) is 11.8 Å². The highest BCUT2D eigenvalue weighted by atomic mass is 32.2. The highest BCUT2D eigenvalue weighted by Gasteiger charge is 2.32. The second-order valence-electron chi connectivity index (χ2n) is 7.27. The number of hydrogen-bond acceptors (Lipinski definition) is 5. The molecule has 0 aliphatic carbocycles. The largest absolute Gasteiger partial charge is 0.371 e. The number of sulfonamides is 1. The molecule has 6 nitrogen and oxygen atoms in total. The van der Waals surface area contributed by atoms with Crippen molar-refractivity contribution in [3.63, 3.8) is 0 Å². The van der Waals surface area contributed by atoms with Crippen LogP contribution in [0.5, 0.6) is 0 Å². The van der Waals surface area contributed by atoms with Gasteiger partial charge < -0.3 is 10.2 Å². The lowest BCUT2D eigenvalue weighted by Gasteiger charge is -2.30. The number of likely N-dealkylation sites (N-methyl/N-ethyl adjacent to an activating group) is 1. The second kappa shape index (κ2) is 7.85. The fraction of sp³-hybridized carbons (Fsp3) is 0.450.